The van der Waals surface area contributed by atoms with Gasteiger partial charge in [-0.15, -0.1) is 0 Å². The highest BCUT2D eigenvalue weighted by atomic mass is 32.2. The van der Waals surface area contributed by atoms with Crippen molar-refractivity contribution in [1.29, 1.82) is 0 Å². The van der Waals surface area contributed by atoms with Crippen molar-refractivity contribution in [3.63, 3.8) is 0 Å². The highest BCUT2D eigenvalue weighted by molar-refractivity contribution is 8.07. The monoisotopic (exact) mass is 382 g/mol. The Balaban J connectivity index is 1.78. The first-order valence-electron chi connectivity index (χ1n) is 7.54. The van der Waals surface area contributed by atoms with Crippen LogP contribution in [0.5, 0.6) is 23.0 Å². The fourth-order valence-electron chi connectivity index (χ4n) is 2.16. The molecule has 0 radical (unpaired) electrons. The topological polar surface area (TPSA) is 46.2 Å². The molecule has 2 aromatic carbocycles. The van der Waals surface area contributed by atoms with E-state index >= 15 is 0 Å². The van der Waals surface area contributed by atoms with Crippen LogP contribution in [0.15, 0.2) is 36.4 Å². The molecular formula is C18H22O5S2. The largest absolute Gasteiger partial charge is 0.493 e. The van der Waals surface area contributed by atoms with Crippen molar-refractivity contribution in [2.75, 3.05) is 28.4 Å². The summed E-state index contributed by atoms with van der Waals surface area (Å²) in [7, 11) is 6.51. The summed E-state index contributed by atoms with van der Waals surface area (Å²) in [5.74, 6) is 4.33. The van der Waals surface area contributed by atoms with E-state index in [2.05, 4.69) is 0 Å². The standard InChI is InChI=1S/C18H22O5S2/c1-19-15-7-5-13(9-17(15)21-3)11-24-23-25-12-14-6-8-16(20-2)18(10-14)22-4/h5-10H,11-12H2,1-4H3. The second kappa shape index (κ2) is 10.3. The Morgan fingerprint density at radius 2 is 1.00 bits per heavy atom. The van der Waals surface area contributed by atoms with E-state index < -0.39 is 0 Å². The zero-order valence-electron chi connectivity index (χ0n) is 14.7. The minimum Gasteiger partial charge on any atom is -0.493 e. The Hall–Kier alpha value is -1.70. The molecule has 0 aliphatic carbocycles. The first-order valence-corrected chi connectivity index (χ1v) is 9.36. The molecule has 0 fully saturated rings. The summed E-state index contributed by atoms with van der Waals surface area (Å²) in [5, 5.41) is 0. The average Bonchev–Trinajstić information content (AvgIpc) is 2.67. The normalized spacial score (nSPS) is 10.4. The van der Waals surface area contributed by atoms with Crippen molar-refractivity contribution < 1.29 is 22.6 Å². The van der Waals surface area contributed by atoms with Gasteiger partial charge in [-0.1, -0.05) is 12.1 Å². The van der Waals surface area contributed by atoms with Gasteiger partial charge in [0, 0.05) is 35.6 Å². The predicted octanol–water partition coefficient (Wildman–Crippen LogP) is 4.73. The molecule has 0 aliphatic heterocycles. The molecule has 0 aromatic heterocycles. The third kappa shape index (κ3) is 5.66. The van der Waals surface area contributed by atoms with Crippen molar-refractivity contribution in [2.24, 2.45) is 0 Å². The summed E-state index contributed by atoms with van der Waals surface area (Å²) in [6.07, 6.45) is 0. The maximum absolute atomic E-state index is 5.59. The molecule has 25 heavy (non-hydrogen) atoms. The lowest BCUT2D eigenvalue weighted by atomic mass is 10.2. The molecule has 0 heterocycles. The fourth-order valence-corrected chi connectivity index (χ4v) is 3.45. The summed E-state index contributed by atoms with van der Waals surface area (Å²) in [4.78, 5) is 0. The molecule has 2 rings (SSSR count). The number of benzene rings is 2. The molecule has 0 bridgehead atoms. The van der Waals surface area contributed by atoms with Gasteiger partial charge in [0.05, 0.1) is 28.4 Å². The van der Waals surface area contributed by atoms with E-state index in [-0.39, 0.29) is 0 Å². The van der Waals surface area contributed by atoms with Gasteiger partial charge in [0.2, 0.25) is 0 Å². The minimum absolute atomic E-state index is 0.721. The molecule has 0 saturated carbocycles. The molecular weight excluding hydrogens is 360 g/mol. The lowest BCUT2D eigenvalue weighted by Gasteiger charge is -2.10. The molecule has 0 saturated heterocycles. The summed E-state index contributed by atoms with van der Waals surface area (Å²) < 4.78 is 26.7. The Bertz CT molecular complexity index is 621. The first kappa shape index (κ1) is 19.6. The van der Waals surface area contributed by atoms with Gasteiger partial charge in [-0.25, -0.2) is 3.63 Å². The van der Waals surface area contributed by atoms with Crippen LogP contribution in [0.25, 0.3) is 0 Å². The third-order valence-corrected chi connectivity index (χ3v) is 5.12. The number of hydrogen-bond donors (Lipinski definition) is 0. The second-order valence-electron chi connectivity index (χ2n) is 4.97. The van der Waals surface area contributed by atoms with Crippen LogP contribution in [0, 0.1) is 0 Å². The van der Waals surface area contributed by atoms with Crippen LogP contribution in [-0.4, -0.2) is 28.4 Å². The van der Waals surface area contributed by atoms with Crippen molar-refractivity contribution in [2.45, 2.75) is 11.5 Å². The molecule has 0 aliphatic rings. The van der Waals surface area contributed by atoms with Crippen molar-refractivity contribution in [1.82, 2.24) is 0 Å². The Morgan fingerprint density at radius 1 is 0.600 bits per heavy atom. The van der Waals surface area contributed by atoms with E-state index in [1.54, 1.807) is 28.4 Å². The van der Waals surface area contributed by atoms with Gasteiger partial charge in [0.1, 0.15) is 0 Å². The maximum atomic E-state index is 5.59. The zero-order chi connectivity index (χ0) is 18.1. The van der Waals surface area contributed by atoms with Gasteiger partial charge in [-0.05, 0) is 35.4 Å². The minimum atomic E-state index is 0.721. The average molecular weight is 383 g/mol. The van der Waals surface area contributed by atoms with Crippen molar-refractivity contribution >= 4 is 24.1 Å². The molecule has 136 valence electrons. The number of hydrogen-bond acceptors (Lipinski definition) is 7. The van der Waals surface area contributed by atoms with E-state index in [4.69, 9.17) is 22.6 Å². The molecule has 0 atom stereocenters. The van der Waals surface area contributed by atoms with Gasteiger partial charge in [0.15, 0.2) is 23.0 Å². The molecule has 5 nitrogen and oxygen atoms in total. The summed E-state index contributed by atoms with van der Waals surface area (Å²) in [6.45, 7) is 0. The molecule has 2 aromatic rings. The third-order valence-electron chi connectivity index (χ3n) is 3.44. The van der Waals surface area contributed by atoms with Crippen LogP contribution in [-0.2, 0) is 15.1 Å². The Morgan fingerprint density at radius 3 is 1.36 bits per heavy atom. The van der Waals surface area contributed by atoms with Gasteiger partial charge in [-0.2, -0.15) is 0 Å². The first-order chi connectivity index (χ1) is 12.2. The fraction of sp³-hybridized carbons (Fsp3) is 0.333. The zero-order valence-corrected chi connectivity index (χ0v) is 16.4. The van der Waals surface area contributed by atoms with Crippen LogP contribution >= 0.6 is 24.1 Å². The van der Waals surface area contributed by atoms with Gasteiger partial charge < -0.3 is 18.9 Å². The summed E-state index contributed by atoms with van der Waals surface area (Å²) >= 11 is 2.77. The maximum Gasteiger partial charge on any atom is 0.161 e. The van der Waals surface area contributed by atoms with E-state index in [0.29, 0.717) is 0 Å². The molecule has 7 heteroatoms. The van der Waals surface area contributed by atoms with Crippen LogP contribution in [0.4, 0.5) is 0 Å². The quantitative estimate of drug-likeness (QED) is 0.435. The smallest absolute Gasteiger partial charge is 0.161 e. The van der Waals surface area contributed by atoms with Crippen LogP contribution < -0.4 is 18.9 Å². The lowest BCUT2D eigenvalue weighted by Crippen LogP contribution is -1.92. The van der Waals surface area contributed by atoms with Crippen LogP contribution in [0.3, 0.4) is 0 Å². The van der Waals surface area contributed by atoms with Crippen LogP contribution in [0.1, 0.15) is 11.1 Å². The van der Waals surface area contributed by atoms with Gasteiger partial charge in [-0.3, -0.25) is 0 Å². The molecule has 0 N–H and O–H groups in total. The summed E-state index contributed by atoms with van der Waals surface area (Å²) in [5.41, 5.74) is 2.21. The molecule has 0 amide bonds. The van der Waals surface area contributed by atoms with Crippen LogP contribution in [0.2, 0.25) is 0 Å². The van der Waals surface area contributed by atoms with Gasteiger partial charge in [0.25, 0.3) is 0 Å². The lowest BCUT2D eigenvalue weighted by molar-refractivity contribution is 0.354. The predicted molar refractivity (Wildman–Crippen MR) is 103 cm³/mol. The van der Waals surface area contributed by atoms with Crippen molar-refractivity contribution in [3.05, 3.63) is 47.5 Å². The SMILES string of the molecule is COc1ccc(CSOSCc2ccc(OC)c(OC)c2)cc1OC. The number of rotatable bonds is 10. The molecule has 0 spiro atoms. The van der Waals surface area contributed by atoms with E-state index in [9.17, 15) is 0 Å². The molecule has 0 unspecified atom stereocenters. The van der Waals surface area contributed by atoms with Crippen molar-refractivity contribution in [3.8, 4) is 23.0 Å². The second-order valence-corrected chi connectivity index (χ2v) is 6.56. The highest BCUT2D eigenvalue weighted by Gasteiger charge is 2.07. The summed E-state index contributed by atoms with van der Waals surface area (Å²) in [6, 6.07) is 11.7. The van der Waals surface area contributed by atoms with E-state index in [1.807, 2.05) is 36.4 Å². The number of methoxy groups -OCH3 is 4. The van der Waals surface area contributed by atoms with Gasteiger partial charge >= 0.3 is 0 Å². The van der Waals surface area contributed by atoms with E-state index in [0.717, 1.165) is 45.6 Å². The Labute approximate surface area is 157 Å². The highest BCUT2D eigenvalue weighted by Crippen LogP contribution is 2.32. The Kier molecular flexibility index (Phi) is 8.11. The number of ether oxygens (including phenoxy) is 4. The van der Waals surface area contributed by atoms with E-state index in [1.165, 1.54) is 24.1 Å².